The fraction of sp³-hybridized carbons (Fsp3) is 0.100. The molecule has 0 aliphatic rings. The summed E-state index contributed by atoms with van der Waals surface area (Å²) in [6.45, 7) is 0. The molecule has 0 fully saturated rings. The second-order valence-corrected chi connectivity index (χ2v) is 2.51. The predicted molar refractivity (Wildman–Crippen MR) is 49.7 cm³/mol. The highest BCUT2D eigenvalue weighted by molar-refractivity contribution is 5.94. The zero-order chi connectivity index (χ0) is 10.4. The molecule has 0 aliphatic heterocycles. The molecule has 0 saturated heterocycles. The third-order valence-corrected chi connectivity index (χ3v) is 1.56. The Morgan fingerprint density at radius 3 is 2.57 bits per heavy atom. The van der Waals surface area contributed by atoms with Gasteiger partial charge in [-0.3, -0.25) is 4.79 Å². The van der Waals surface area contributed by atoms with Crippen LogP contribution in [0.4, 0.5) is 0 Å². The highest BCUT2D eigenvalue weighted by atomic mass is 16.6. The van der Waals surface area contributed by atoms with E-state index >= 15 is 0 Å². The number of carbonyl (C=O) groups is 1. The van der Waals surface area contributed by atoms with Crippen molar-refractivity contribution in [2.45, 2.75) is 0 Å². The second kappa shape index (κ2) is 4.91. The van der Waals surface area contributed by atoms with Crippen molar-refractivity contribution in [3.05, 3.63) is 48.0 Å². The average molecular weight is 192 g/mol. The molecule has 0 heterocycles. The van der Waals surface area contributed by atoms with Crippen molar-refractivity contribution in [1.82, 2.24) is 5.32 Å². The van der Waals surface area contributed by atoms with Crippen molar-refractivity contribution in [1.29, 1.82) is 0 Å². The Bertz CT molecular complexity index is 332. The van der Waals surface area contributed by atoms with E-state index in [1.54, 1.807) is 30.3 Å². The van der Waals surface area contributed by atoms with Crippen LogP contribution in [0.5, 0.6) is 0 Å². The molecule has 1 N–H and O–H groups in total. The SMILES string of the molecule is COC([O])=CNC(=O)c1ccccc1. The van der Waals surface area contributed by atoms with Crippen molar-refractivity contribution in [2.75, 3.05) is 7.11 Å². The van der Waals surface area contributed by atoms with E-state index in [-0.39, 0.29) is 5.91 Å². The van der Waals surface area contributed by atoms with Crippen LogP contribution in [0.3, 0.4) is 0 Å². The topological polar surface area (TPSA) is 58.2 Å². The van der Waals surface area contributed by atoms with Crippen molar-refractivity contribution >= 4 is 5.91 Å². The zero-order valence-electron chi connectivity index (χ0n) is 7.69. The molecule has 4 nitrogen and oxygen atoms in total. The molecular formula is C10H10NO3. The van der Waals surface area contributed by atoms with Crippen LogP contribution in [0.25, 0.3) is 0 Å². The molecule has 1 radical (unpaired) electrons. The van der Waals surface area contributed by atoms with Crippen molar-refractivity contribution < 1.29 is 14.6 Å². The molecule has 4 heteroatoms. The molecule has 0 spiro atoms. The molecule has 14 heavy (non-hydrogen) atoms. The average Bonchev–Trinajstić information content (AvgIpc) is 2.26. The molecule has 0 aliphatic carbocycles. The molecule has 0 bridgehead atoms. The number of ether oxygens (including phenoxy) is 1. The van der Waals surface area contributed by atoms with E-state index in [0.29, 0.717) is 5.56 Å². The summed E-state index contributed by atoms with van der Waals surface area (Å²) >= 11 is 0. The molecule has 0 saturated carbocycles. The lowest BCUT2D eigenvalue weighted by Gasteiger charge is -1.99. The number of hydrogen-bond acceptors (Lipinski definition) is 2. The molecule has 73 valence electrons. The lowest BCUT2D eigenvalue weighted by molar-refractivity contribution is 0.0807. The van der Waals surface area contributed by atoms with E-state index in [2.05, 4.69) is 10.1 Å². The molecule has 1 aromatic carbocycles. The summed E-state index contributed by atoms with van der Waals surface area (Å²) in [4.78, 5) is 11.3. The maximum absolute atomic E-state index is 11.3. The summed E-state index contributed by atoms with van der Waals surface area (Å²) in [5.41, 5.74) is 0.493. The van der Waals surface area contributed by atoms with Crippen LogP contribution < -0.4 is 5.32 Å². The Kier molecular flexibility index (Phi) is 3.55. The minimum atomic E-state index is -0.589. The Balaban J connectivity index is 2.60. The fourth-order valence-electron chi connectivity index (χ4n) is 0.856. The minimum Gasteiger partial charge on any atom is -0.465 e. The van der Waals surface area contributed by atoms with Crippen LogP contribution in [0.15, 0.2) is 42.5 Å². The van der Waals surface area contributed by atoms with E-state index in [9.17, 15) is 9.90 Å². The Labute approximate surface area is 81.8 Å². The summed E-state index contributed by atoms with van der Waals surface area (Å²) in [5, 5.41) is 13.0. The van der Waals surface area contributed by atoms with Gasteiger partial charge in [0.2, 0.25) is 0 Å². The van der Waals surface area contributed by atoms with Gasteiger partial charge in [0.15, 0.2) is 0 Å². The maximum Gasteiger partial charge on any atom is 0.346 e. The number of hydrogen-bond donors (Lipinski definition) is 1. The van der Waals surface area contributed by atoms with Crippen molar-refractivity contribution in [2.24, 2.45) is 0 Å². The fourth-order valence-corrected chi connectivity index (χ4v) is 0.856. The minimum absolute atomic E-state index is 0.337. The number of benzene rings is 1. The van der Waals surface area contributed by atoms with Crippen LogP contribution >= 0.6 is 0 Å². The Morgan fingerprint density at radius 1 is 1.36 bits per heavy atom. The molecule has 1 aromatic rings. The number of nitrogens with one attached hydrogen (secondary N) is 1. The third-order valence-electron chi connectivity index (χ3n) is 1.56. The van der Waals surface area contributed by atoms with E-state index < -0.39 is 5.95 Å². The number of carbonyl (C=O) groups excluding carboxylic acids is 1. The van der Waals surface area contributed by atoms with Gasteiger partial charge >= 0.3 is 5.95 Å². The zero-order valence-corrected chi connectivity index (χ0v) is 7.69. The van der Waals surface area contributed by atoms with Gasteiger partial charge in [-0.05, 0) is 12.1 Å². The number of amides is 1. The molecular weight excluding hydrogens is 182 g/mol. The van der Waals surface area contributed by atoms with E-state index in [1.807, 2.05) is 0 Å². The predicted octanol–water partition coefficient (Wildman–Crippen LogP) is 1.29. The summed E-state index contributed by atoms with van der Waals surface area (Å²) in [6, 6.07) is 8.60. The summed E-state index contributed by atoms with van der Waals surface area (Å²) in [6.07, 6.45) is 0.981. The van der Waals surface area contributed by atoms with E-state index in [1.165, 1.54) is 7.11 Å². The molecule has 1 amide bonds. The van der Waals surface area contributed by atoms with Gasteiger partial charge in [-0.2, -0.15) is 0 Å². The van der Waals surface area contributed by atoms with Gasteiger partial charge in [-0.1, -0.05) is 18.2 Å². The van der Waals surface area contributed by atoms with Crippen LogP contribution in [-0.4, -0.2) is 13.0 Å². The van der Waals surface area contributed by atoms with Gasteiger partial charge < -0.3 is 10.1 Å². The number of methoxy groups -OCH3 is 1. The summed E-state index contributed by atoms with van der Waals surface area (Å²) in [7, 11) is 1.24. The molecule has 0 unspecified atom stereocenters. The first-order valence-corrected chi connectivity index (χ1v) is 4.01. The lowest BCUT2D eigenvalue weighted by atomic mass is 10.2. The van der Waals surface area contributed by atoms with Crippen molar-refractivity contribution in [3.8, 4) is 0 Å². The second-order valence-electron chi connectivity index (χ2n) is 2.51. The Hall–Kier alpha value is -1.97. The van der Waals surface area contributed by atoms with Crippen LogP contribution in [0, 0.1) is 0 Å². The number of rotatable bonds is 3. The summed E-state index contributed by atoms with van der Waals surface area (Å²) in [5.74, 6) is -0.926. The maximum atomic E-state index is 11.3. The first-order valence-electron chi connectivity index (χ1n) is 4.01. The Morgan fingerprint density at radius 2 is 2.00 bits per heavy atom. The van der Waals surface area contributed by atoms with E-state index in [0.717, 1.165) is 6.20 Å². The largest absolute Gasteiger partial charge is 0.465 e. The first-order chi connectivity index (χ1) is 6.74. The monoisotopic (exact) mass is 192 g/mol. The lowest BCUT2D eigenvalue weighted by Crippen LogP contribution is -2.17. The first kappa shape index (κ1) is 10.1. The highest BCUT2D eigenvalue weighted by Gasteiger charge is 2.02. The van der Waals surface area contributed by atoms with Crippen LogP contribution in [0.2, 0.25) is 0 Å². The van der Waals surface area contributed by atoms with Gasteiger partial charge in [0.1, 0.15) is 0 Å². The van der Waals surface area contributed by atoms with Gasteiger partial charge in [0.25, 0.3) is 5.91 Å². The van der Waals surface area contributed by atoms with Crippen molar-refractivity contribution in [3.63, 3.8) is 0 Å². The highest BCUT2D eigenvalue weighted by Crippen LogP contribution is 1.98. The normalized spacial score (nSPS) is 10.8. The molecule has 1 rings (SSSR count). The summed E-state index contributed by atoms with van der Waals surface area (Å²) < 4.78 is 4.33. The standard InChI is InChI=1S/C10H10NO3/c1-14-9(12)7-11-10(13)8-5-3-2-4-6-8/h2-7H,1H3,(H,11,13). The third kappa shape index (κ3) is 2.82. The van der Waals surface area contributed by atoms with Gasteiger partial charge in [-0.15, -0.1) is 0 Å². The quantitative estimate of drug-likeness (QED) is 0.733. The molecule has 0 atom stereocenters. The van der Waals surface area contributed by atoms with Crippen LogP contribution in [-0.2, 0) is 9.84 Å². The smallest absolute Gasteiger partial charge is 0.346 e. The van der Waals surface area contributed by atoms with Gasteiger partial charge in [0, 0.05) is 5.56 Å². The van der Waals surface area contributed by atoms with E-state index in [4.69, 9.17) is 0 Å². The van der Waals surface area contributed by atoms with Gasteiger partial charge in [-0.25, -0.2) is 5.11 Å². The molecule has 0 aromatic heterocycles. The van der Waals surface area contributed by atoms with Crippen LogP contribution in [0.1, 0.15) is 10.4 Å². The van der Waals surface area contributed by atoms with Gasteiger partial charge in [0.05, 0.1) is 13.3 Å².